The Hall–Kier alpha value is -4.14. The highest BCUT2D eigenvalue weighted by atomic mass is 16.5. The lowest BCUT2D eigenvalue weighted by Gasteiger charge is -2.34. The predicted molar refractivity (Wildman–Crippen MR) is 127 cm³/mol. The number of anilines is 2. The van der Waals surface area contributed by atoms with Crippen LogP contribution in [0.15, 0.2) is 54.7 Å². The van der Waals surface area contributed by atoms with E-state index in [1.807, 2.05) is 54.3 Å². The molecule has 0 unspecified atom stereocenters. The van der Waals surface area contributed by atoms with E-state index < -0.39 is 0 Å². The second-order valence-electron chi connectivity index (χ2n) is 7.99. The summed E-state index contributed by atoms with van der Waals surface area (Å²) in [7, 11) is 1.63. The maximum atomic E-state index is 13.2. The molecule has 1 aliphatic rings. The van der Waals surface area contributed by atoms with E-state index in [0.29, 0.717) is 43.6 Å². The van der Waals surface area contributed by atoms with Crippen molar-refractivity contribution in [2.45, 2.75) is 6.92 Å². The van der Waals surface area contributed by atoms with E-state index in [4.69, 9.17) is 15.5 Å². The molecule has 0 spiro atoms. The van der Waals surface area contributed by atoms with Crippen LogP contribution in [0.1, 0.15) is 16.1 Å². The van der Waals surface area contributed by atoms with Gasteiger partial charge in [0.2, 0.25) is 5.95 Å². The lowest BCUT2D eigenvalue weighted by Crippen LogP contribution is -2.49. The molecule has 9 nitrogen and oxygen atoms in total. The number of amides is 1. The summed E-state index contributed by atoms with van der Waals surface area (Å²) in [6, 6.07) is 15.2. The molecule has 3 heterocycles. The first-order valence-electron chi connectivity index (χ1n) is 10.8. The van der Waals surface area contributed by atoms with Crippen LogP contribution in [0.2, 0.25) is 0 Å². The lowest BCUT2D eigenvalue weighted by molar-refractivity contribution is 0.0737. The molecule has 0 atom stereocenters. The second-order valence-corrected chi connectivity index (χ2v) is 7.99. The molecule has 1 aliphatic heterocycles. The Morgan fingerprint density at radius 1 is 1.03 bits per heavy atom. The Balaban J connectivity index is 1.33. The summed E-state index contributed by atoms with van der Waals surface area (Å²) < 4.78 is 7.07. The quantitative estimate of drug-likeness (QED) is 0.517. The van der Waals surface area contributed by atoms with Gasteiger partial charge in [0, 0.05) is 31.6 Å². The molecule has 1 saturated heterocycles. The summed E-state index contributed by atoms with van der Waals surface area (Å²) in [5.74, 6) is 1.70. The predicted octanol–water partition coefficient (Wildman–Crippen LogP) is 2.68. The van der Waals surface area contributed by atoms with E-state index in [1.54, 1.807) is 24.1 Å². The molecule has 2 N–H and O–H groups in total. The first kappa shape index (κ1) is 20.7. The monoisotopic (exact) mass is 443 g/mol. The van der Waals surface area contributed by atoms with Gasteiger partial charge in [-0.1, -0.05) is 18.2 Å². The van der Waals surface area contributed by atoms with Crippen molar-refractivity contribution < 1.29 is 9.53 Å². The number of hydrogen-bond donors (Lipinski definition) is 1. The first-order valence-corrected chi connectivity index (χ1v) is 10.8. The Morgan fingerprint density at radius 2 is 1.79 bits per heavy atom. The van der Waals surface area contributed by atoms with Crippen molar-refractivity contribution in [2.24, 2.45) is 0 Å². The Kier molecular flexibility index (Phi) is 5.29. The van der Waals surface area contributed by atoms with Gasteiger partial charge in [-0.15, -0.1) is 0 Å². The molecule has 0 radical (unpaired) electrons. The number of carbonyl (C=O) groups is 1. The van der Waals surface area contributed by atoms with Gasteiger partial charge in [-0.25, -0.2) is 9.67 Å². The molecule has 5 rings (SSSR count). The average molecular weight is 444 g/mol. The molecule has 2 aromatic heterocycles. The van der Waals surface area contributed by atoms with E-state index >= 15 is 0 Å². The number of aryl methyl sites for hydroxylation is 1. The fourth-order valence-electron chi connectivity index (χ4n) is 4.14. The van der Waals surface area contributed by atoms with E-state index in [-0.39, 0.29) is 5.91 Å². The number of benzene rings is 2. The fraction of sp³-hybridized carbons (Fsp3) is 0.250. The van der Waals surface area contributed by atoms with Crippen LogP contribution in [0, 0.1) is 6.92 Å². The van der Waals surface area contributed by atoms with Crippen LogP contribution in [0.3, 0.4) is 0 Å². The largest absolute Gasteiger partial charge is 0.496 e. The molecule has 0 bridgehead atoms. The molecule has 33 heavy (non-hydrogen) atoms. The minimum absolute atomic E-state index is 0.0438. The van der Waals surface area contributed by atoms with Gasteiger partial charge in [0.25, 0.3) is 5.91 Å². The normalized spacial score (nSPS) is 14.0. The Labute approximate surface area is 191 Å². The number of piperazine rings is 1. The zero-order valence-electron chi connectivity index (χ0n) is 18.6. The highest BCUT2D eigenvalue weighted by molar-refractivity contribution is 5.93. The number of nitrogens with zero attached hydrogens (tertiary/aromatic N) is 6. The van der Waals surface area contributed by atoms with Gasteiger partial charge in [0.15, 0.2) is 0 Å². The minimum Gasteiger partial charge on any atom is -0.496 e. The third kappa shape index (κ3) is 3.82. The molecule has 4 aromatic rings. The van der Waals surface area contributed by atoms with Crippen LogP contribution in [-0.2, 0) is 0 Å². The topological polar surface area (TPSA) is 102 Å². The summed E-state index contributed by atoms with van der Waals surface area (Å²) in [6.45, 7) is 4.32. The number of methoxy groups -OCH3 is 1. The fourth-order valence-corrected chi connectivity index (χ4v) is 4.14. The lowest BCUT2D eigenvalue weighted by atomic mass is 10.1. The number of nitrogens with two attached hydrogens (primary N) is 1. The van der Waals surface area contributed by atoms with Crippen LogP contribution >= 0.6 is 0 Å². The van der Waals surface area contributed by atoms with Crippen molar-refractivity contribution in [1.29, 1.82) is 0 Å². The smallest absolute Gasteiger partial charge is 0.272 e. The number of para-hydroxylation sites is 1. The number of ether oxygens (including phenoxy) is 1. The summed E-state index contributed by atoms with van der Waals surface area (Å²) in [6.07, 6.45) is 1.65. The third-order valence-electron chi connectivity index (χ3n) is 5.94. The van der Waals surface area contributed by atoms with Crippen molar-refractivity contribution in [3.8, 4) is 11.4 Å². The molecule has 1 amide bonds. The van der Waals surface area contributed by atoms with Crippen molar-refractivity contribution in [3.05, 3.63) is 66.0 Å². The van der Waals surface area contributed by atoms with Gasteiger partial charge in [0.1, 0.15) is 17.3 Å². The second kappa shape index (κ2) is 8.42. The minimum atomic E-state index is -0.0438. The number of hydrogen-bond acceptors (Lipinski definition) is 7. The van der Waals surface area contributed by atoms with E-state index in [2.05, 4.69) is 15.0 Å². The number of rotatable bonds is 4. The maximum absolute atomic E-state index is 13.2. The van der Waals surface area contributed by atoms with E-state index in [1.165, 1.54) is 0 Å². The van der Waals surface area contributed by atoms with Gasteiger partial charge in [0.05, 0.1) is 24.5 Å². The highest BCUT2D eigenvalue weighted by Crippen LogP contribution is 2.29. The van der Waals surface area contributed by atoms with Crippen molar-refractivity contribution in [3.63, 3.8) is 0 Å². The van der Waals surface area contributed by atoms with Gasteiger partial charge >= 0.3 is 0 Å². The number of nitrogen functional groups attached to an aromatic ring is 1. The molecular formula is C24H25N7O2. The molecule has 0 saturated carbocycles. The van der Waals surface area contributed by atoms with Gasteiger partial charge in [-0.3, -0.25) is 4.79 Å². The number of fused-ring (bicyclic) bond motifs is 1. The van der Waals surface area contributed by atoms with Crippen LogP contribution in [-0.4, -0.2) is 63.8 Å². The van der Waals surface area contributed by atoms with Crippen molar-refractivity contribution in [1.82, 2.24) is 24.6 Å². The third-order valence-corrected chi connectivity index (χ3v) is 5.94. The van der Waals surface area contributed by atoms with Crippen LogP contribution in [0.25, 0.3) is 16.6 Å². The highest BCUT2D eigenvalue weighted by Gasteiger charge is 2.26. The molecule has 168 valence electrons. The zero-order valence-corrected chi connectivity index (χ0v) is 18.6. The summed E-state index contributed by atoms with van der Waals surface area (Å²) in [4.78, 5) is 26.4. The van der Waals surface area contributed by atoms with Gasteiger partial charge in [-0.05, 0) is 42.8 Å². The molecule has 2 aromatic carbocycles. The SMILES string of the molecule is COc1cc2c(N)nc(N3CCN(C(=O)c4ccnn4-c4ccccc4)CC3)nc2cc1C. The Morgan fingerprint density at radius 3 is 2.52 bits per heavy atom. The number of carbonyl (C=O) groups excluding carboxylic acids is 1. The summed E-state index contributed by atoms with van der Waals surface area (Å²) >= 11 is 0. The van der Waals surface area contributed by atoms with Crippen molar-refractivity contribution >= 4 is 28.6 Å². The van der Waals surface area contributed by atoms with Crippen molar-refractivity contribution in [2.75, 3.05) is 43.9 Å². The molecular weight excluding hydrogens is 418 g/mol. The van der Waals surface area contributed by atoms with E-state index in [9.17, 15) is 4.79 Å². The Bertz CT molecular complexity index is 1310. The maximum Gasteiger partial charge on any atom is 0.272 e. The van der Waals surface area contributed by atoms with Gasteiger partial charge < -0.3 is 20.3 Å². The molecule has 9 heteroatoms. The van der Waals surface area contributed by atoms with Crippen LogP contribution in [0.5, 0.6) is 5.75 Å². The zero-order chi connectivity index (χ0) is 22.9. The average Bonchev–Trinajstić information content (AvgIpc) is 3.34. The van der Waals surface area contributed by atoms with Crippen LogP contribution < -0.4 is 15.4 Å². The van der Waals surface area contributed by atoms with E-state index in [0.717, 1.165) is 27.9 Å². The molecule has 1 fully saturated rings. The summed E-state index contributed by atoms with van der Waals surface area (Å²) in [5, 5.41) is 5.11. The number of aromatic nitrogens is 4. The molecule has 0 aliphatic carbocycles. The summed E-state index contributed by atoms with van der Waals surface area (Å²) in [5.41, 5.74) is 9.41. The van der Waals surface area contributed by atoms with Crippen LogP contribution in [0.4, 0.5) is 11.8 Å². The standard InChI is InChI=1S/C24H25N7O2/c1-16-14-19-18(15-21(16)33-2)22(25)28-24(27-19)30-12-10-29(11-13-30)23(32)20-8-9-26-31(20)17-6-4-3-5-7-17/h3-9,14-15H,10-13H2,1-2H3,(H2,25,27,28). The van der Waals surface area contributed by atoms with Gasteiger partial charge in [-0.2, -0.15) is 10.1 Å². The first-order chi connectivity index (χ1) is 16.0.